The molecule has 0 atom stereocenters. The maximum absolute atomic E-state index is 5.94. The van der Waals surface area contributed by atoms with E-state index in [1.807, 2.05) is 6.07 Å². The van der Waals surface area contributed by atoms with Crippen molar-refractivity contribution in [3.8, 4) is 5.75 Å². The van der Waals surface area contributed by atoms with Crippen molar-refractivity contribution in [2.45, 2.75) is 79.2 Å². The molecule has 0 fully saturated rings. The summed E-state index contributed by atoms with van der Waals surface area (Å²) in [6, 6.07) is 19.0. The van der Waals surface area contributed by atoms with Crippen molar-refractivity contribution in [1.82, 2.24) is 0 Å². The molecule has 0 unspecified atom stereocenters. The van der Waals surface area contributed by atoms with Crippen LogP contribution >= 0.6 is 0 Å². The van der Waals surface area contributed by atoms with Crippen LogP contribution in [0.1, 0.15) is 70.4 Å². The molecule has 29 heavy (non-hydrogen) atoms. The summed E-state index contributed by atoms with van der Waals surface area (Å²) < 4.78 is 13.3. The molecule has 0 aliphatic carbocycles. The van der Waals surface area contributed by atoms with Crippen molar-refractivity contribution in [3.63, 3.8) is 0 Å². The summed E-state index contributed by atoms with van der Waals surface area (Å²) in [4.78, 5) is 0. The van der Waals surface area contributed by atoms with Crippen LogP contribution in [0, 0.1) is 0 Å². The Bertz CT molecular complexity index is 668. The van der Waals surface area contributed by atoms with Gasteiger partial charge in [-0.05, 0) is 0 Å². The van der Waals surface area contributed by atoms with Gasteiger partial charge in [0.25, 0.3) is 0 Å². The van der Waals surface area contributed by atoms with Crippen LogP contribution in [0.4, 0.5) is 0 Å². The molecule has 0 aliphatic rings. The molecule has 1 nitrogen and oxygen atoms in total. The van der Waals surface area contributed by atoms with Gasteiger partial charge in [-0.3, -0.25) is 0 Å². The summed E-state index contributed by atoms with van der Waals surface area (Å²) in [5.74, 6) is 0.948. The number of hydrogen-bond acceptors (Lipinski definition) is 1. The fourth-order valence-electron chi connectivity index (χ4n) is 3.90. The molecule has 0 N–H and O–H groups in total. The first kappa shape index (κ1) is 24.1. The monoisotopic (exact) mass is 500 g/mol. The van der Waals surface area contributed by atoms with Crippen LogP contribution in [0.3, 0.4) is 0 Å². The van der Waals surface area contributed by atoms with E-state index in [1.54, 1.807) is 0 Å². The van der Waals surface area contributed by atoms with Gasteiger partial charge in [0.15, 0.2) is 0 Å². The molecule has 0 aliphatic heterocycles. The van der Waals surface area contributed by atoms with E-state index >= 15 is 0 Å². The predicted octanol–water partition coefficient (Wildman–Crippen LogP) is 8.67. The molecule has 0 bridgehead atoms. The van der Waals surface area contributed by atoms with E-state index in [0.29, 0.717) is 6.61 Å². The second-order valence-corrected chi connectivity index (χ2v) is 21.4. The van der Waals surface area contributed by atoms with E-state index in [4.69, 9.17) is 4.74 Å². The second kappa shape index (κ2) is 13.9. The Labute approximate surface area is 183 Å². The molecule has 2 heteroatoms. The van der Waals surface area contributed by atoms with Crippen LogP contribution in [0.15, 0.2) is 58.7 Å². The third kappa shape index (κ3) is 8.98. The average molecular weight is 499 g/mol. The molecule has 2 rings (SSSR count). The fraction of sp³-hybridized carbons (Fsp3) is 0.481. The van der Waals surface area contributed by atoms with E-state index in [2.05, 4.69) is 79.5 Å². The molecule has 0 aromatic heterocycles. The molecular weight excluding hydrogens is 459 g/mol. The Morgan fingerprint density at radius 3 is 1.79 bits per heavy atom. The summed E-state index contributed by atoms with van der Waals surface area (Å²) in [6.45, 7) is 7.65. The molecular formula is C27H40OSn. The standard InChI is InChI=1S/C15H13O.3C4H9.Sn/c1-2-13-8-10-15(11-9-13)16-12-14-6-4-3-5-7-14;3*1-3-4-2;/h1-11H,12H2;3*1,3-4H2,2H3;. The Balaban J connectivity index is 2.03. The number of unbranched alkanes of at least 4 members (excludes halogenated alkanes) is 3. The zero-order chi connectivity index (χ0) is 20.8. The molecule has 0 saturated heterocycles. The van der Waals surface area contributed by atoms with Crippen LogP contribution in [-0.2, 0) is 6.61 Å². The predicted molar refractivity (Wildman–Crippen MR) is 131 cm³/mol. The molecule has 2 aromatic rings. The van der Waals surface area contributed by atoms with E-state index in [-0.39, 0.29) is 0 Å². The van der Waals surface area contributed by atoms with E-state index in [1.165, 1.54) is 63.0 Å². The van der Waals surface area contributed by atoms with E-state index in [9.17, 15) is 0 Å². The zero-order valence-electron chi connectivity index (χ0n) is 18.8. The molecule has 158 valence electrons. The number of hydrogen-bond donors (Lipinski definition) is 0. The Morgan fingerprint density at radius 1 is 0.724 bits per heavy atom. The van der Waals surface area contributed by atoms with E-state index in [0.717, 1.165) is 5.75 Å². The van der Waals surface area contributed by atoms with Crippen molar-refractivity contribution in [3.05, 3.63) is 69.8 Å². The van der Waals surface area contributed by atoms with Gasteiger partial charge in [-0.1, -0.05) is 0 Å². The van der Waals surface area contributed by atoms with Crippen LogP contribution in [0.5, 0.6) is 5.75 Å². The number of benzene rings is 2. The van der Waals surface area contributed by atoms with Gasteiger partial charge >= 0.3 is 184 Å². The van der Waals surface area contributed by atoms with Crippen molar-refractivity contribution >= 4 is 24.5 Å². The van der Waals surface area contributed by atoms with Gasteiger partial charge in [0.05, 0.1) is 0 Å². The van der Waals surface area contributed by atoms with Gasteiger partial charge < -0.3 is 0 Å². The van der Waals surface area contributed by atoms with Gasteiger partial charge in [0.1, 0.15) is 0 Å². The summed E-state index contributed by atoms with van der Waals surface area (Å²) >= 11 is -2.19. The van der Waals surface area contributed by atoms with Crippen LogP contribution in [-0.4, -0.2) is 18.4 Å². The molecule has 0 amide bonds. The zero-order valence-corrected chi connectivity index (χ0v) is 21.7. The SMILES string of the molecule is CCC[CH2][Sn]([CH]=Cc1ccc(OCc2ccccc2)cc1)([CH2]CCC)[CH2]CCC. The minimum atomic E-state index is -2.19. The average Bonchev–Trinajstić information content (AvgIpc) is 2.78. The van der Waals surface area contributed by atoms with Gasteiger partial charge in [-0.25, -0.2) is 0 Å². The second-order valence-electron chi connectivity index (χ2n) is 8.35. The van der Waals surface area contributed by atoms with Crippen LogP contribution < -0.4 is 4.74 Å². The summed E-state index contributed by atoms with van der Waals surface area (Å²) in [5, 5.41) is 0. The van der Waals surface area contributed by atoms with Gasteiger partial charge in [0.2, 0.25) is 0 Å². The third-order valence-corrected chi connectivity index (χ3v) is 19.9. The normalized spacial score (nSPS) is 11.8. The van der Waals surface area contributed by atoms with Crippen molar-refractivity contribution in [2.24, 2.45) is 0 Å². The minimum absolute atomic E-state index is 0.626. The summed E-state index contributed by atoms with van der Waals surface area (Å²) in [6.07, 6.45) is 10.7. The first-order chi connectivity index (χ1) is 14.2. The maximum atomic E-state index is 5.94. The number of rotatable bonds is 14. The van der Waals surface area contributed by atoms with Crippen molar-refractivity contribution in [1.29, 1.82) is 0 Å². The summed E-state index contributed by atoms with van der Waals surface area (Å²) in [5.41, 5.74) is 2.53. The van der Waals surface area contributed by atoms with E-state index < -0.39 is 18.4 Å². The summed E-state index contributed by atoms with van der Waals surface area (Å²) in [7, 11) is 0. The first-order valence-corrected chi connectivity index (χ1v) is 19.4. The topological polar surface area (TPSA) is 9.23 Å². The Kier molecular flexibility index (Phi) is 11.5. The van der Waals surface area contributed by atoms with Gasteiger partial charge in [0, 0.05) is 0 Å². The Morgan fingerprint density at radius 2 is 1.28 bits per heavy atom. The third-order valence-electron chi connectivity index (χ3n) is 5.84. The van der Waals surface area contributed by atoms with Crippen molar-refractivity contribution < 1.29 is 4.74 Å². The van der Waals surface area contributed by atoms with Crippen LogP contribution in [0.25, 0.3) is 6.08 Å². The van der Waals surface area contributed by atoms with Gasteiger partial charge in [-0.2, -0.15) is 0 Å². The van der Waals surface area contributed by atoms with Crippen molar-refractivity contribution in [2.75, 3.05) is 0 Å². The van der Waals surface area contributed by atoms with Crippen LogP contribution in [0.2, 0.25) is 13.3 Å². The molecule has 0 spiro atoms. The number of ether oxygens (including phenoxy) is 1. The molecule has 2 aromatic carbocycles. The fourth-order valence-corrected chi connectivity index (χ4v) is 18.1. The first-order valence-electron chi connectivity index (χ1n) is 11.7. The Hall–Kier alpha value is -1.22. The molecule has 0 radical (unpaired) electrons. The molecule has 0 heterocycles. The molecule has 0 saturated carbocycles. The quantitative estimate of drug-likeness (QED) is 0.236. The van der Waals surface area contributed by atoms with Gasteiger partial charge in [-0.15, -0.1) is 0 Å².